The molecule has 0 aliphatic heterocycles. The number of rotatable bonds is 5. The van der Waals surface area contributed by atoms with E-state index in [0.29, 0.717) is 6.42 Å². The van der Waals surface area contributed by atoms with E-state index in [0.717, 1.165) is 43.7 Å². The van der Waals surface area contributed by atoms with Crippen molar-refractivity contribution >= 4 is 19.9 Å². The van der Waals surface area contributed by atoms with Gasteiger partial charge in [0.05, 0.1) is 4.90 Å². The van der Waals surface area contributed by atoms with Gasteiger partial charge in [0.25, 0.3) is 0 Å². The highest BCUT2D eigenvalue weighted by Crippen LogP contribution is 2.34. The molecule has 2 atom stereocenters. The summed E-state index contributed by atoms with van der Waals surface area (Å²) in [6.45, 7) is 2.10. The van der Waals surface area contributed by atoms with E-state index in [4.69, 9.17) is 5.73 Å². The molecular formula is C15H23FN2O4S2. The smallest absolute Gasteiger partial charge is 0.241 e. The quantitative estimate of drug-likeness (QED) is 0.806. The molecule has 0 saturated heterocycles. The molecule has 1 aliphatic rings. The fourth-order valence-corrected chi connectivity index (χ4v) is 5.46. The summed E-state index contributed by atoms with van der Waals surface area (Å²) in [5.74, 6) is -1.02. The van der Waals surface area contributed by atoms with Crippen LogP contribution in [0.15, 0.2) is 28.0 Å². The van der Waals surface area contributed by atoms with Gasteiger partial charge in [-0.05, 0) is 37.0 Å². The van der Waals surface area contributed by atoms with Crippen molar-refractivity contribution in [1.82, 2.24) is 4.72 Å². The first-order valence-corrected chi connectivity index (χ1v) is 11.1. The molecule has 24 heavy (non-hydrogen) atoms. The number of benzene rings is 1. The minimum absolute atomic E-state index is 0.0613. The molecule has 1 aromatic rings. The molecule has 6 nitrogen and oxygen atoms in total. The predicted octanol–water partition coefficient (Wildman–Crippen LogP) is 1.42. The van der Waals surface area contributed by atoms with Crippen molar-refractivity contribution in [2.75, 3.05) is 12.8 Å². The summed E-state index contributed by atoms with van der Waals surface area (Å²) in [4.78, 5) is -0.834. The minimum atomic E-state index is -4.01. The van der Waals surface area contributed by atoms with Crippen LogP contribution in [0.25, 0.3) is 0 Å². The topological polar surface area (TPSA) is 106 Å². The van der Waals surface area contributed by atoms with Crippen LogP contribution in [0.5, 0.6) is 0 Å². The molecule has 0 spiro atoms. The van der Waals surface area contributed by atoms with Gasteiger partial charge in [0.1, 0.15) is 10.7 Å². The third-order valence-corrected chi connectivity index (χ3v) is 7.45. The predicted molar refractivity (Wildman–Crippen MR) is 89.2 cm³/mol. The lowest BCUT2D eigenvalue weighted by molar-refractivity contribution is 0.191. The Kier molecular flexibility index (Phi) is 5.39. The molecule has 0 amide bonds. The molecule has 1 saturated carbocycles. The van der Waals surface area contributed by atoms with E-state index in [1.807, 2.05) is 6.92 Å². The highest BCUT2D eigenvalue weighted by molar-refractivity contribution is 7.90. The van der Waals surface area contributed by atoms with Crippen LogP contribution in [-0.4, -0.2) is 35.2 Å². The molecule has 0 heterocycles. The molecule has 0 radical (unpaired) electrons. The first-order chi connectivity index (χ1) is 11.0. The maximum Gasteiger partial charge on any atom is 0.241 e. The van der Waals surface area contributed by atoms with Crippen LogP contribution in [0.4, 0.5) is 4.39 Å². The molecule has 136 valence electrons. The van der Waals surface area contributed by atoms with Crippen LogP contribution in [-0.2, 0) is 19.9 Å². The van der Waals surface area contributed by atoms with Crippen LogP contribution < -0.4 is 10.5 Å². The Hall–Kier alpha value is -1.03. The number of hydrogen-bond donors (Lipinski definition) is 2. The monoisotopic (exact) mass is 378 g/mol. The van der Waals surface area contributed by atoms with Crippen molar-refractivity contribution in [2.45, 2.75) is 47.9 Å². The molecule has 9 heteroatoms. The first kappa shape index (κ1) is 19.3. The molecule has 2 rings (SSSR count). The first-order valence-electron chi connectivity index (χ1n) is 7.75. The van der Waals surface area contributed by atoms with Gasteiger partial charge in [0.15, 0.2) is 9.84 Å². The Bertz CT molecular complexity index is 824. The maximum atomic E-state index is 14.0. The van der Waals surface area contributed by atoms with Crippen molar-refractivity contribution in [1.29, 1.82) is 0 Å². The molecule has 1 fully saturated rings. The third kappa shape index (κ3) is 3.79. The van der Waals surface area contributed by atoms with Crippen molar-refractivity contribution in [2.24, 2.45) is 11.7 Å². The summed E-state index contributed by atoms with van der Waals surface area (Å²) < 4.78 is 64.8. The van der Waals surface area contributed by atoms with Gasteiger partial charge in [-0.2, -0.15) is 0 Å². The zero-order valence-electron chi connectivity index (χ0n) is 13.7. The molecule has 1 aliphatic carbocycles. The van der Waals surface area contributed by atoms with Gasteiger partial charge >= 0.3 is 0 Å². The van der Waals surface area contributed by atoms with E-state index < -0.39 is 36.1 Å². The number of nitrogens with one attached hydrogen (secondary N) is 1. The van der Waals surface area contributed by atoms with Crippen molar-refractivity contribution in [3.8, 4) is 0 Å². The maximum absolute atomic E-state index is 14.0. The lowest BCUT2D eigenvalue weighted by Crippen LogP contribution is -2.58. The van der Waals surface area contributed by atoms with Gasteiger partial charge in [0, 0.05) is 18.3 Å². The number of hydrogen-bond acceptors (Lipinski definition) is 5. The van der Waals surface area contributed by atoms with Gasteiger partial charge < -0.3 is 5.73 Å². The van der Waals surface area contributed by atoms with Crippen LogP contribution in [0.1, 0.15) is 32.6 Å². The summed E-state index contributed by atoms with van der Waals surface area (Å²) in [6, 6.07) is 2.80. The second-order valence-corrected chi connectivity index (χ2v) is 10.1. The molecular weight excluding hydrogens is 355 g/mol. The lowest BCUT2D eigenvalue weighted by atomic mass is 9.74. The van der Waals surface area contributed by atoms with E-state index in [9.17, 15) is 21.2 Å². The minimum Gasteiger partial charge on any atom is -0.329 e. The van der Waals surface area contributed by atoms with E-state index in [1.165, 1.54) is 0 Å². The summed E-state index contributed by atoms with van der Waals surface area (Å²) in [5.41, 5.74) is 5.08. The Morgan fingerprint density at radius 2 is 1.96 bits per heavy atom. The highest BCUT2D eigenvalue weighted by atomic mass is 32.2. The number of sulfonamides is 1. The summed E-state index contributed by atoms with van der Waals surface area (Å²) in [5, 5.41) is 0. The van der Waals surface area contributed by atoms with E-state index in [1.54, 1.807) is 0 Å². The van der Waals surface area contributed by atoms with E-state index in [2.05, 4.69) is 4.72 Å². The van der Waals surface area contributed by atoms with Crippen molar-refractivity contribution in [3.63, 3.8) is 0 Å². The molecule has 0 bridgehead atoms. The molecule has 1 aromatic carbocycles. The van der Waals surface area contributed by atoms with Gasteiger partial charge in [-0.1, -0.05) is 19.8 Å². The van der Waals surface area contributed by atoms with Crippen LogP contribution in [0, 0.1) is 11.7 Å². The fourth-order valence-electron chi connectivity index (χ4n) is 3.19. The average Bonchev–Trinajstić information content (AvgIpc) is 2.48. The normalized spacial score (nSPS) is 25.6. The Balaban J connectivity index is 2.39. The number of nitrogens with two attached hydrogens (primary N) is 1. The SMILES string of the molecule is CC1CCCCC1(CN)NS(=O)(=O)c1ccc(S(C)(=O)=O)c(F)c1. The standard InChI is InChI=1S/C15H23FN2O4S2/c1-11-5-3-4-8-15(11,10-17)18-24(21,22)12-6-7-14(13(16)9-12)23(2,19)20/h6-7,9,11,18H,3-5,8,10,17H2,1-2H3. The lowest BCUT2D eigenvalue weighted by Gasteiger charge is -2.42. The number of halogens is 1. The largest absolute Gasteiger partial charge is 0.329 e. The van der Waals surface area contributed by atoms with Crippen LogP contribution in [0.3, 0.4) is 0 Å². The zero-order chi connectivity index (χ0) is 18.2. The second-order valence-electron chi connectivity index (χ2n) is 6.48. The second kappa shape index (κ2) is 6.70. The fraction of sp³-hybridized carbons (Fsp3) is 0.600. The summed E-state index contributed by atoms with van der Waals surface area (Å²) in [7, 11) is -7.77. The van der Waals surface area contributed by atoms with Crippen molar-refractivity contribution in [3.05, 3.63) is 24.0 Å². The van der Waals surface area contributed by atoms with Crippen LogP contribution in [0.2, 0.25) is 0 Å². The van der Waals surface area contributed by atoms with Gasteiger partial charge in [0.2, 0.25) is 10.0 Å². The van der Waals surface area contributed by atoms with Gasteiger partial charge in [-0.15, -0.1) is 0 Å². The van der Waals surface area contributed by atoms with E-state index >= 15 is 0 Å². The Morgan fingerprint density at radius 1 is 1.29 bits per heavy atom. The van der Waals surface area contributed by atoms with Crippen LogP contribution >= 0.6 is 0 Å². The Labute approximate surface area is 142 Å². The number of sulfone groups is 1. The molecule has 3 N–H and O–H groups in total. The zero-order valence-corrected chi connectivity index (χ0v) is 15.4. The van der Waals surface area contributed by atoms with Gasteiger partial charge in [-0.25, -0.2) is 25.9 Å². The van der Waals surface area contributed by atoms with Crippen molar-refractivity contribution < 1.29 is 21.2 Å². The molecule has 0 aromatic heterocycles. The average molecular weight is 378 g/mol. The summed E-state index contributed by atoms with van der Waals surface area (Å²) in [6.07, 6.45) is 4.23. The Morgan fingerprint density at radius 3 is 2.46 bits per heavy atom. The molecule has 2 unspecified atom stereocenters. The highest BCUT2D eigenvalue weighted by Gasteiger charge is 2.40. The van der Waals surface area contributed by atoms with Gasteiger partial charge in [-0.3, -0.25) is 0 Å². The summed E-state index contributed by atoms with van der Waals surface area (Å²) >= 11 is 0. The third-order valence-electron chi connectivity index (χ3n) is 4.77. The van der Waals surface area contributed by atoms with E-state index in [-0.39, 0.29) is 17.4 Å².